The van der Waals surface area contributed by atoms with Crippen LogP contribution in [0.4, 0.5) is 19.0 Å². The molecule has 0 radical (unpaired) electrons. The Morgan fingerprint density at radius 2 is 1.70 bits per heavy atom. The first-order valence-electron chi connectivity index (χ1n) is 12.9. The van der Waals surface area contributed by atoms with Gasteiger partial charge in [0, 0.05) is 50.4 Å². The van der Waals surface area contributed by atoms with Gasteiger partial charge in [-0.15, -0.1) is 0 Å². The molecule has 6 rings (SSSR count). The maximum atomic E-state index is 13.6. The van der Waals surface area contributed by atoms with Crippen LogP contribution in [-0.2, 0) is 6.18 Å². The zero-order valence-electron chi connectivity index (χ0n) is 20.4. The van der Waals surface area contributed by atoms with Crippen molar-refractivity contribution in [3.8, 4) is 0 Å². The molecule has 1 atom stereocenters. The van der Waals surface area contributed by atoms with Crippen LogP contribution in [-0.4, -0.2) is 56.7 Å². The third-order valence-corrected chi connectivity index (χ3v) is 7.89. The summed E-state index contributed by atoms with van der Waals surface area (Å²) in [6, 6.07) is 5.93. The fourth-order valence-electron chi connectivity index (χ4n) is 5.87. The van der Waals surface area contributed by atoms with E-state index in [1.807, 2.05) is 0 Å². The monoisotopic (exact) mass is 510 g/mol. The minimum Gasteiger partial charge on any atom is -0.355 e. The molecule has 1 amide bonds. The summed E-state index contributed by atoms with van der Waals surface area (Å²) in [5.41, 5.74) is 1.29. The summed E-state index contributed by atoms with van der Waals surface area (Å²) in [5, 5.41) is 4.69. The average molecular weight is 511 g/mol. The molecule has 7 nitrogen and oxygen atoms in total. The highest BCUT2D eigenvalue weighted by Crippen LogP contribution is 2.44. The Balaban J connectivity index is 1.18. The van der Waals surface area contributed by atoms with E-state index in [-0.39, 0.29) is 30.0 Å². The van der Waals surface area contributed by atoms with Gasteiger partial charge < -0.3 is 9.80 Å². The van der Waals surface area contributed by atoms with Gasteiger partial charge in [0.25, 0.3) is 5.91 Å². The predicted octanol–water partition coefficient (Wildman–Crippen LogP) is 5.04. The van der Waals surface area contributed by atoms with E-state index in [9.17, 15) is 18.0 Å². The van der Waals surface area contributed by atoms with Crippen molar-refractivity contribution in [1.29, 1.82) is 0 Å². The molecule has 0 unspecified atom stereocenters. The summed E-state index contributed by atoms with van der Waals surface area (Å²) in [6.07, 6.45) is 6.79. The first-order chi connectivity index (χ1) is 17.9. The average Bonchev–Trinajstić information content (AvgIpc) is 3.46. The summed E-state index contributed by atoms with van der Waals surface area (Å²) in [5.74, 6) is 0.753. The lowest BCUT2D eigenvalue weighted by Gasteiger charge is -2.33. The van der Waals surface area contributed by atoms with Crippen molar-refractivity contribution in [2.45, 2.75) is 56.2 Å². The molecule has 0 N–H and O–H groups in total. The van der Waals surface area contributed by atoms with Gasteiger partial charge >= 0.3 is 6.18 Å². The maximum absolute atomic E-state index is 13.6. The Kier molecular flexibility index (Phi) is 6.12. The highest BCUT2D eigenvalue weighted by Gasteiger charge is 2.40. The van der Waals surface area contributed by atoms with Crippen LogP contribution in [0.15, 0.2) is 49.1 Å². The number of amides is 1. The zero-order valence-corrected chi connectivity index (χ0v) is 20.4. The zero-order chi connectivity index (χ0) is 25.6. The van der Waals surface area contributed by atoms with Crippen LogP contribution in [0.25, 0.3) is 0 Å². The van der Waals surface area contributed by atoms with E-state index in [1.54, 1.807) is 41.8 Å². The van der Waals surface area contributed by atoms with E-state index in [0.29, 0.717) is 24.4 Å². The highest BCUT2D eigenvalue weighted by molar-refractivity contribution is 5.95. The molecule has 0 spiro atoms. The van der Waals surface area contributed by atoms with Crippen LogP contribution in [0.1, 0.15) is 77.2 Å². The van der Waals surface area contributed by atoms with Gasteiger partial charge in [0.1, 0.15) is 5.82 Å². The summed E-state index contributed by atoms with van der Waals surface area (Å²) >= 11 is 0. The molecule has 2 aromatic heterocycles. The summed E-state index contributed by atoms with van der Waals surface area (Å²) in [7, 11) is 0. The fourth-order valence-corrected chi connectivity index (χ4v) is 5.87. The van der Waals surface area contributed by atoms with Crippen LogP contribution < -0.4 is 4.90 Å². The number of likely N-dealkylation sites (tertiary alicyclic amines) is 1. The topological polar surface area (TPSA) is 67.2 Å². The van der Waals surface area contributed by atoms with E-state index in [4.69, 9.17) is 0 Å². The third-order valence-electron chi connectivity index (χ3n) is 7.89. The van der Waals surface area contributed by atoms with Crippen molar-refractivity contribution >= 4 is 11.7 Å². The van der Waals surface area contributed by atoms with Gasteiger partial charge in [-0.1, -0.05) is 18.2 Å². The highest BCUT2D eigenvalue weighted by atomic mass is 19.4. The Bertz CT molecular complexity index is 1260. The number of halogens is 3. The molecule has 4 heterocycles. The molecular weight excluding hydrogens is 481 g/mol. The van der Waals surface area contributed by atoms with Gasteiger partial charge in [0.15, 0.2) is 0 Å². The maximum Gasteiger partial charge on any atom is 0.416 e. The Labute approximate surface area is 213 Å². The van der Waals surface area contributed by atoms with E-state index >= 15 is 0 Å². The Hall–Kier alpha value is -3.43. The standard InChI is InChI=1S/C27H29F3N6O/c28-27(29,30)23-4-2-1-3-21(23)19-7-12-35(17-19)26(37)22-15-33-36(25(22)18-5-6-18)20-8-13-34(14-9-20)24-16-31-10-11-32-24/h1-4,10-11,15-16,18-20H,5-9,12-14,17H2/t19-/m1/s1. The normalized spacial score (nSPS) is 21.0. The van der Waals surface area contributed by atoms with Crippen molar-refractivity contribution in [3.05, 3.63) is 71.4 Å². The second-order valence-electron chi connectivity index (χ2n) is 10.3. The first-order valence-corrected chi connectivity index (χ1v) is 12.9. The number of piperidine rings is 1. The number of aromatic nitrogens is 4. The molecule has 1 saturated carbocycles. The van der Waals surface area contributed by atoms with Gasteiger partial charge in [-0.2, -0.15) is 18.3 Å². The lowest BCUT2D eigenvalue weighted by molar-refractivity contribution is -0.138. The van der Waals surface area contributed by atoms with Gasteiger partial charge in [-0.3, -0.25) is 14.5 Å². The van der Waals surface area contributed by atoms with Crippen molar-refractivity contribution in [2.75, 3.05) is 31.1 Å². The minimum atomic E-state index is -4.41. The second-order valence-corrected chi connectivity index (χ2v) is 10.3. The number of hydrogen-bond acceptors (Lipinski definition) is 5. The van der Waals surface area contributed by atoms with Gasteiger partial charge in [0.05, 0.1) is 35.3 Å². The van der Waals surface area contributed by atoms with Crippen molar-refractivity contribution in [3.63, 3.8) is 0 Å². The number of benzene rings is 1. The molecule has 3 aromatic rings. The largest absolute Gasteiger partial charge is 0.416 e. The van der Waals surface area contributed by atoms with Crippen molar-refractivity contribution in [2.24, 2.45) is 0 Å². The molecule has 194 valence electrons. The molecule has 10 heteroatoms. The Morgan fingerprint density at radius 3 is 2.41 bits per heavy atom. The van der Waals surface area contributed by atoms with Crippen molar-refractivity contribution < 1.29 is 18.0 Å². The van der Waals surface area contributed by atoms with E-state index < -0.39 is 11.7 Å². The van der Waals surface area contributed by atoms with Crippen LogP contribution in [0.2, 0.25) is 0 Å². The quantitative estimate of drug-likeness (QED) is 0.481. The van der Waals surface area contributed by atoms with Crippen LogP contribution >= 0.6 is 0 Å². The fraction of sp³-hybridized carbons (Fsp3) is 0.481. The number of rotatable bonds is 5. The lowest BCUT2D eigenvalue weighted by atomic mass is 9.93. The van der Waals surface area contributed by atoms with Gasteiger partial charge in [-0.25, -0.2) is 4.98 Å². The second kappa shape index (κ2) is 9.46. The molecule has 37 heavy (non-hydrogen) atoms. The number of carbonyl (C=O) groups excluding carboxylic acids is 1. The molecular formula is C27H29F3N6O. The SMILES string of the molecule is O=C(c1cnn(C2CCN(c3cnccn3)CC2)c1C1CC1)N1CC[C@@H](c2ccccc2C(F)(F)F)C1. The number of nitrogens with zero attached hydrogens (tertiary/aromatic N) is 6. The number of hydrogen-bond donors (Lipinski definition) is 0. The van der Waals surface area contributed by atoms with E-state index in [2.05, 4.69) is 24.6 Å². The van der Waals surface area contributed by atoms with Crippen LogP contribution in [0, 0.1) is 0 Å². The van der Waals surface area contributed by atoms with E-state index in [1.165, 1.54) is 6.07 Å². The molecule has 3 fully saturated rings. The molecule has 2 saturated heterocycles. The smallest absolute Gasteiger partial charge is 0.355 e. The van der Waals surface area contributed by atoms with Gasteiger partial charge in [-0.05, 0) is 43.7 Å². The summed E-state index contributed by atoms with van der Waals surface area (Å²) in [6.45, 7) is 2.41. The summed E-state index contributed by atoms with van der Waals surface area (Å²) in [4.78, 5) is 26.1. The lowest BCUT2D eigenvalue weighted by Crippen LogP contribution is -2.36. The minimum absolute atomic E-state index is 0.114. The van der Waals surface area contributed by atoms with E-state index in [0.717, 1.165) is 56.4 Å². The molecule has 3 aliphatic rings. The Morgan fingerprint density at radius 1 is 0.919 bits per heavy atom. The molecule has 1 aromatic carbocycles. The number of carbonyl (C=O) groups is 1. The number of alkyl halides is 3. The molecule has 2 aliphatic heterocycles. The van der Waals surface area contributed by atoms with Crippen LogP contribution in [0.5, 0.6) is 0 Å². The molecule has 1 aliphatic carbocycles. The molecule has 0 bridgehead atoms. The predicted molar refractivity (Wildman–Crippen MR) is 131 cm³/mol. The first kappa shape index (κ1) is 23.9. The third kappa shape index (κ3) is 4.69. The number of anilines is 1. The van der Waals surface area contributed by atoms with Crippen molar-refractivity contribution in [1.82, 2.24) is 24.6 Å². The van der Waals surface area contributed by atoms with Gasteiger partial charge in [0.2, 0.25) is 0 Å². The van der Waals surface area contributed by atoms with Crippen LogP contribution in [0.3, 0.4) is 0 Å². The summed E-state index contributed by atoms with van der Waals surface area (Å²) < 4.78 is 42.8.